The van der Waals surface area contributed by atoms with E-state index >= 15 is 0 Å². The van der Waals surface area contributed by atoms with Crippen LogP contribution < -0.4 is 0 Å². The van der Waals surface area contributed by atoms with E-state index in [0.717, 1.165) is 11.3 Å². The van der Waals surface area contributed by atoms with Crippen molar-refractivity contribution in [3.8, 4) is 11.3 Å². The van der Waals surface area contributed by atoms with Crippen molar-refractivity contribution in [2.45, 2.75) is 18.6 Å². The fourth-order valence-electron chi connectivity index (χ4n) is 1.64. The first kappa shape index (κ1) is 15.1. The summed E-state index contributed by atoms with van der Waals surface area (Å²) in [6, 6.07) is 9.76. The van der Waals surface area contributed by atoms with Gasteiger partial charge < -0.3 is 4.42 Å². The second kappa shape index (κ2) is 6.95. The summed E-state index contributed by atoms with van der Waals surface area (Å²) in [6.45, 7) is 1.67. The molecular weight excluding hydrogens is 294 g/mol. The van der Waals surface area contributed by atoms with E-state index in [2.05, 4.69) is 4.98 Å². The van der Waals surface area contributed by atoms with Crippen LogP contribution in [0.25, 0.3) is 11.3 Å². The quantitative estimate of drug-likeness (QED) is 0.580. The Kier molecular flexibility index (Phi) is 5.25. The first-order valence-electron chi connectivity index (χ1n) is 6.45. The molecule has 2 aromatic rings. The number of thioether (sulfide) groups is 1. The molecule has 0 N–H and O–H groups in total. The van der Waals surface area contributed by atoms with Crippen LogP contribution in [-0.2, 0) is 9.84 Å². The minimum atomic E-state index is -2.88. The third-order valence-electron chi connectivity index (χ3n) is 2.81. The van der Waals surface area contributed by atoms with Gasteiger partial charge in [-0.3, -0.25) is 0 Å². The predicted molar refractivity (Wildman–Crippen MR) is 81.6 cm³/mol. The maximum absolute atomic E-state index is 11.4. The van der Waals surface area contributed by atoms with Crippen molar-refractivity contribution in [3.05, 3.63) is 36.5 Å². The fourth-order valence-corrected chi connectivity index (χ4v) is 3.44. The molecule has 0 fully saturated rings. The van der Waals surface area contributed by atoms with Crippen LogP contribution in [0.2, 0.25) is 0 Å². The number of nitrogens with zero attached hydrogens (tertiary/aromatic N) is 1. The molecule has 20 heavy (non-hydrogen) atoms. The Morgan fingerprint density at radius 1 is 1.25 bits per heavy atom. The van der Waals surface area contributed by atoms with E-state index < -0.39 is 9.84 Å². The molecule has 2 rings (SSSR count). The molecule has 0 aliphatic carbocycles. The van der Waals surface area contributed by atoms with E-state index in [0.29, 0.717) is 17.4 Å². The maximum atomic E-state index is 11.4. The van der Waals surface area contributed by atoms with Crippen LogP contribution in [0.15, 0.2) is 46.2 Å². The third-order valence-corrected chi connectivity index (χ3v) is 5.53. The topological polar surface area (TPSA) is 60.2 Å². The van der Waals surface area contributed by atoms with Gasteiger partial charge in [0.25, 0.3) is 5.22 Å². The largest absolute Gasteiger partial charge is 0.431 e. The Hall–Kier alpha value is -1.27. The lowest BCUT2D eigenvalue weighted by atomic mass is 10.2. The van der Waals surface area contributed by atoms with Crippen LogP contribution >= 0.6 is 11.8 Å². The van der Waals surface area contributed by atoms with Gasteiger partial charge in [-0.25, -0.2) is 13.4 Å². The van der Waals surface area contributed by atoms with Gasteiger partial charge in [0, 0.05) is 17.1 Å². The second-order valence-electron chi connectivity index (χ2n) is 4.29. The molecule has 0 unspecified atom stereocenters. The highest BCUT2D eigenvalue weighted by molar-refractivity contribution is 7.99. The Bertz CT molecular complexity index is 635. The fraction of sp³-hybridized carbons (Fsp3) is 0.357. The lowest BCUT2D eigenvalue weighted by Crippen LogP contribution is -2.09. The summed E-state index contributed by atoms with van der Waals surface area (Å²) in [6.07, 6.45) is 2.31. The molecule has 0 aliphatic rings. The number of rotatable bonds is 7. The molecule has 6 heteroatoms. The molecule has 1 aromatic carbocycles. The van der Waals surface area contributed by atoms with E-state index in [1.807, 2.05) is 30.3 Å². The summed E-state index contributed by atoms with van der Waals surface area (Å²) in [7, 11) is -2.88. The zero-order valence-corrected chi connectivity index (χ0v) is 12.9. The van der Waals surface area contributed by atoms with Crippen LogP contribution in [0.4, 0.5) is 0 Å². The molecule has 0 atom stereocenters. The Labute approximate surface area is 123 Å². The van der Waals surface area contributed by atoms with Gasteiger partial charge in [0.05, 0.1) is 11.9 Å². The summed E-state index contributed by atoms with van der Waals surface area (Å²) in [4.78, 5) is 4.19. The van der Waals surface area contributed by atoms with Crippen molar-refractivity contribution in [3.63, 3.8) is 0 Å². The van der Waals surface area contributed by atoms with Gasteiger partial charge in [-0.1, -0.05) is 49.0 Å². The Morgan fingerprint density at radius 3 is 2.70 bits per heavy atom. The van der Waals surface area contributed by atoms with Crippen LogP contribution in [0.3, 0.4) is 0 Å². The highest BCUT2D eigenvalue weighted by Gasteiger charge is 2.09. The first-order valence-corrected chi connectivity index (χ1v) is 9.26. The molecule has 0 radical (unpaired) electrons. The smallest absolute Gasteiger partial charge is 0.256 e. The summed E-state index contributed by atoms with van der Waals surface area (Å²) >= 11 is 1.44. The molecular formula is C14H17NO3S2. The first-order chi connectivity index (χ1) is 9.61. The van der Waals surface area contributed by atoms with Crippen molar-refractivity contribution < 1.29 is 12.8 Å². The third kappa shape index (κ3) is 4.38. The monoisotopic (exact) mass is 311 g/mol. The SMILES string of the molecule is CCS(=O)(=O)CCCSc1ncc(-c2ccccc2)o1. The number of aromatic nitrogens is 1. The number of sulfone groups is 1. The average Bonchev–Trinajstić information content (AvgIpc) is 2.93. The minimum absolute atomic E-state index is 0.203. The lowest BCUT2D eigenvalue weighted by molar-refractivity contribution is 0.466. The van der Waals surface area contributed by atoms with Crippen molar-refractivity contribution in [1.29, 1.82) is 0 Å². The molecule has 108 valence electrons. The number of benzene rings is 1. The molecule has 0 saturated heterocycles. The van der Waals surface area contributed by atoms with Gasteiger partial charge in [0.15, 0.2) is 5.76 Å². The maximum Gasteiger partial charge on any atom is 0.256 e. The van der Waals surface area contributed by atoms with Crippen LogP contribution in [0.5, 0.6) is 0 Å². The van der Waals surface area contributed by atoms with Crippen molar-refractivity contribution >= 4 is 21.6 Å². The number of oxazole rings is 1. The molecule has 0 saturated carbocycles. The number of hydrogen-bond acceptors (Lipinski definition) is 5. The van der Waals surface area contributed by atoms with Crippen LogP contribution in [-0.4, -0.2) is 30.7 Å². The Balaban J connectivity index is 1.85. The molecule has 1 aromatic heterocycles. The summed E-state index contributed by atoms with van der Waals surface area (Å²) < 4.78 is 28.3. The highest BCUT2D eigenvalue weighted by Crippen LogP contribution is 2.25. The molecule has 4 nitrogen and oxygen atoms in total. The van der Waals surface area contributed by atoms with Gasteiger partial charge >= 0.3 is 0 Å². The van der Waals surface area contributed by atoms with Gasteiger partial charge in [-0.15, -0.1) is 0 Å². The molecule has 1 heterocycles. The average molecular weight is 311 g/mol. The zero-order chi connectivity index (χ0) is 14.4. The van der Waals surface area contributed by atoms with E-state index in [-0.39, 0.29) is 11.5 Å². The van der Waals surface area contributed by atoms with Gasteiger partial charge in [-0.05, 0) is 6.42 Å². The molecule has 0 bridgehead atoms. The highest BCUT2D eigenvalue weighted by atomic mass is 32.2. The van der Waals surface area contributed by atoms with Crippen molar-refractivity contribution in [1.82, 2.24) is 4.98 Å². The summed E-state index contributed by atoms with van der Waals surface area (Å²) in [5, 5.41) is 0.581. The van der Waals surface area contributed by atoms with Gasteiger partial charge in [0.2, 0.25) is 0 Å². The second-order valence-corrected chi connectivity index (χ2v) is 7.81. The normalized spacial score (nSPS) is 11.7. The summed E-state index contributed by atoms with van der Waals surface area (Å²) in [5.41, 5.74) is 0.986. The van der Waals surface area contributed by atoms with E-state index in [9.17, 15) is 8.42 Å². The van der Waals surface area contributed by atoms with Gasteiger partial charge in [-0.2, -0.15) is 0 Å². The van der Waals surface area contributed by atoms with Crippen LogP contribution in [0.1, 0.15) is 13.3 Å². The van der Waals surface area contributed by atoms with Crippen molar-refractivity contribution in [2.75, 3.05) is 17.3 Å². The predicted octanol–water partition coefficient (Wildman–Crippen LogP) is 3.26. The molecule has 0 amide bonds. The van der Waals surface area contributed by atoms with Gasteiger partial charge in [0.1, 0.15) is 9.84 Å². The molecule has 0 aliphatic heterocycles. The number of hydrogen-bond donors (Lipinski definition) is 0. The van der Waals surface area contributed by atoms with Crippen LogP contribution in [0, 0.1) is 0 Å². The minimum Gasteiger partial charge on any atom is -0.431 e. The zero-order valence-electron chi connectivity index (χ0n) is 11.3. The summed E-state index contributed by atoms with van der Waals surface area (Å²) in [5.74, 6) is 1.85. The Morgan fingerprint density at radius 2 is 2.00 bits per heavy atom. The van der Waals surface area contributed by atoms with E-state index in [4.69, 9.17) is 4.42 Å². The molecule has 0 spiro atoms. The lowest BCUT2D eigenvalue weighted by Gasteiger charge is -1.99. The van der Waals surface area contributed by atoms with E-state index in [1.54, 1.807) is 13.1 Å². The van der Waals surface area contributed by atoms with Crippen molar-refractivity contribution in [2.24, 2.45) is 0 Å². The standard InChI is InChI=1S/C14H17NO3S2/c1-2-20(16,17)10-6-9-19-14-15-11-13(18-14)12-7-4-3-5-8-12/h3-5,7-8,11H,2,6,9-10H2,1H3. The van der Waals surface area contributed by atoms with E-state index in [1.165, 1.54) is 11.8 Å².